The van der Waals surface area contributed by atoms with Crippen LogP contribution < -0.4 is 5.32 Å². The second-order valence-corrected chi connectivity index (χ2v) is 9.20. The number of carbonyl (C=O) groups is 1. The molecule has 2 aromatic carbocycles. The first-order valence-corrected chi connectivity index (χ1v) is 11.4. The summed E-state index contributed by atoms with van der Waals surface area (Å²) in [5.74, 6) is 0.634. The van der Waals surface area contributed by atoms with E-state index in [0.717, 1.165) is 36.1 Å². The molecule has 1 heterocycles. The van der Waals surface area contributed by atoms with Crippen LogP contribution in [0.2, 0.25) is 0 Å². The van der Waals surface area contributed by atoms with Crippen molar-refractivity contribution in [1.29, 1.82) is 0 Å². The number of benzene rings is 2. The first-order chi connectivity index (χ1) is 15.0. The number of hydrogen-bond donors (Lipinski definition) is 3. The van der Waals surface area contributed by atoms with Gasteiger partial charge < -0.3 is 20.4 Å². The highest BCUT2D eigenvalue weighted by Gasteiger charge is 2.40. The Morgan fingerprint density at radius 1 is 1.06 bits per heavy atom. The summed E-state index contributed by atoms with van der Waals surface area (Å²) in [5, 5.41) is 23.9. The minimum Gasteiger partial charge on any atom is -0.508 e. The Balaban J connectivity index is 1.53. The van der Waals surface area contributed by atoms with E-state index in [2.05, 4.69) is 23.5 Å². The largest absolute Gasteiger partial charge is 0.508 e. The van der Waals surface area contributed by atoms with E-state index in [1.165, 1.54) is 25.3 Å². The number of allylic oxidation sites excluding steroid dienone is 2. The SMILES string of the molecule is CN(C(=O)c1cccc2c1NC(c1ccc(O)cc1O)C1CC=CC21)C1CCCCC1. The third-order valence-corrected chi connectivity index (χ3v) is 7.42. The van der Waals surface area contributed by atoms with E-state index in [0.29, 0.717) is 11.6 Å². The van der Waals surface area contributed by atoms with Crippen LogP contribution >= 0.6 is 0 Å². The Bertz CT molecular complexity index is 1030. The first-order valence-electron chi connectivity index (χ1n) is 11.4. The lowest BCUT2D eigenvalue weighted by molar-refractivity contribution is 0.0697. The van der Waals surface area contributed by atoms with E-state index >= 15 is 0 Å². The molecule has 2 aromatic rings. The monoisotopic (exact) mass is 418 g/mol. The maximum Gasteiger partial charge on any atom is 0.255 e. The van der Waals surface area contributed by atoms with E-state index in [4.69, 9.17) is 0 Å². The maximum atomic E-state index is 13.5. The molecule has 0 spiro atoms. The second-order valence-electron chi connectivity index (χ2n) is 9.20. The molecule has 5 heteroatoms. The smallest absolute Gasteiger partial charge is 0.255 e. The summed E-state index contributed by atoms with van der Waals surface area (Å²) >= 11 is 0. The number of aromatic hydroxyl groups is 2. The lowest BCUT2D eigenvalue weighted by Gasteiger charge is -2.39. The van der Waals surface area contributed by atoms with Gasteiger partial charge in [0.1, 0.15) is 11.5 Å². The maximum absolute atomic E-state index is 13.5. The van der Waals surface area contributed by atoms with Crippen molar-refractivity contribution in [3.05, 3.63) is 65.2 Å². The van der Waals surface area contributed by atoms with Crippen molar-refractivity contribution in [2.45, 2.75) is 56.5 Å². The lowest BCUT2D eigenvalue weighted by Crippen LogP contribution is -2.39. The summed E-state index contributed by atoms with van der Waals surface area (Å²) in [6.45, 7) is 0. The highest BCUT2D eigenvalue weighted by atomic mass is 16.3. The average molecular weight is 419 g/mol. The van der Waals surface area contributed by atoms with Crippen LogP contribution in [0.3, 0.4) is 0 Å². The number of nitrogens with zero attached hydrogens (tertiary/aromatic N) is 1. The van der Waals surface area contributed by atoms with Gasteiger partial charge >= 0.3 is 0 Å². The lowest BCUT2D eigenvalue weighted by atomic mass is 9.76. The van der Waals surface area contributed by atoms with Gasteiger partial charge in [0.05, 0.1) is 17.3 Å². The summed E-state index contributed by atoms with van der Waals surface area (Å²) in [4.78, 5) is 15.5. The zero-order chi connectivity index (χ0) is 21.5. The fourth-order valence-corrected chi connectivity index (χ4v) is 5.73. The topological polar surface area (TPSA) is 72.8 Å². The van der Waals surface area contributed by atoms with Crippen molar-refractivity contribution in [3.63, 3.8) is 0 Å². The van der Waals surface area contributed by atoms with Crippen molar-refractivity contribution in [3.8, 4) is 11.5 Å². The highest BCUT2D eigenvalue weighted by molar-refractivity contribution is 6.01. The zero-order valence-corrected chi connectivity index (χ0v) is 17.9. The zero-order valence-electron chi connectivity index (χ0n) is 17.9. The van der Waals surface area contributed by atoms with Crippen molar-refractivity contribution >= 4 is 11.6 Å². The number of anilines is 1. The van der Waals surface area contributed by atoms with Crippen molar-refractivity contribution in [1.82, 2.24) is 4.90 Å². The first kappa shape index (κ1) is 20.0. The average Bonchev–Trinajstić information content (AvgIpc) is 3.28. The van der Waals surface area contributed by atoms with Crippen LogP contribution in [0.25, 0.3) is 0 Å². The molecule has 3 unspecified atom stereocenters. The second kappa shape index (κ2) is 7.95. The van der Waals surface area contributed by atoms with Gasteiger partial charge in [0.25, 0.3) is 5.91 Å². The number of para-hydroxylation sites is 1. The van der Waals surface area contributed by atoms with Gasteiger partial charge in [0, 0.05) is 30.6 Å². The fourth-order valence-electron chi connectivity index (χ4n) is 5.73. The Morgan fingerprint density at radius 2 is 1.87 bits per heavy atom. The predicted molar refractivity (Wildman–Crippen MR) is 122 cm³/mol. The van der Waals surface area contributed by atoms with Crippen molar-refractivity contribution < 1.29 is 15.0 Å². The summed E-state index contributed by atoms with van der Waals surface area (Å²) in [5.41, 5.74) is 3.48. The quantitative estimate of drug-likeness (QED) is 0.589. The van der Waals surface area contributed by atoms with Crippen LogP contribution in [0.15, 0.2) is 48.6 Å². The Labute approximate surface area is 183 Å². The number of rotatable bonds is 3. The Kier molecular flexibility index (Phi) is 5.12. The number of amides is 1. The molecule has 0 aromatic heterocycles. The molecule has 2 aliphatic carbocycles. The molecular weight excluding hydrogens is 388 g/mol. The van der Waals surface area contributed by atoms with Gasteiger partial charge in [-0.3, -0.25) is 4.79 Å². The summed E-state index contributed by atoms with van der Waals surface area (Å²) in [6, 6.07) is 11.0. The molecule has 31 heavy (non-hydrogen) atoms. The minimum atomic E-state index is -0.137. The number of nitrogens with one attached hydrogen (secondary N) is 1. The molecule has 1 amide bonds. The van der Waals surface area contributed by atoms with E-state index in [1.807, 2.05) is 24.1 Å². The van der Waals surface area contributed by atoms with Crippen LogP contribution in [-0.2, 0) is 0 Å². The van der Waals surface area contributed by atoms with Crippen molar-refractivity contribution in [2.24, 2.45) is 5.92 Å². The molecule has 3 atom stereocenters. The van der Waals surface area contributed by atoms with Gasteiger partial charge in [-0.15, -0.1) is 0 Å². The van der Waals surface area contributed by atoms with E-state index in [9.17, 15) is 15.0 Å². The number of fused-ring (bicyclic) bond motifs is 3. The third-order valence-electron chi connectivity index (χ3n) is 7.42. The summed E-state index contributed by atoms with van der Waals surface area (Å²) in [7, 11) is 1.93. The molecule has 162 valence electrons. The molecule has 3 N–H and O–H groups in total. The molecule has 5 rings (SSSR count). The van der Waals surface area contributed by atoms with Crippen LogP contribution in [-0.4, -0.2) is 34.1 Å². The molecule has 0 bridgehead atoms. The Morgan fingerprint density at radius 3 is 2.65 bits per heavy atom. The minimum absolute atomic E-state index is 0.0449. The van der Waals surface area contributed by atoms with Crippen LogP contribution in [0.5, 0.6) is 11.5 Å². The normalized spacial score (nSPS) is 24.9. The summed E-state index contributed by atoms with van der Waals surface area (Å²) < 4.78 is 0. The Hall–Kier alpha value is -2.95. The van der Waals surface area contributed by atoms with Crippen LogP contribution in [0.1, 0.15) is 72.0 Å². The molecule has 1 fully saturated rings. The van der Waals surface area contributed by atoms with Gasteiger partial charge in [0.2, 0.25) is 0 Å². The third kappa shape index (κ3) is 3.46. The van der Waals surface area contributed by atoms with Gasteiger partial charge in [-0.25, -0.2) is 0 Å². The fraction of sp³-hybridized carbons (Fsp3) is 0.423. The predicted octanol–water partition coefficient (Wildman–Crippen LogP) is 5.33. The standard InChI is InChI=1S/C26H30N2O3/c1-28(16-7-3-2-4-8-16)26(31)22-12-6-11-20-18-9-5-10-19(18)24(27-25(20)22)21-14-13-17(29)15-23(21)30/h5-6,9,11-16,18-19,24,27,29-30H,2-4,7-8,10H2,1H3. The van der Waals surface area contributed by atoms with Gasteiger partial charge in [0.15, 0.2) is 0 Å². The van der Waals surface area contributed by atoms with Crippen molar-refractivity contribution in [2.75, 3.05) is 12.4 Å². The van der Waals surface area contributed by atoms with Crippen LogP contribution in [0.4, 0.5) is 5.69 Å². The highest BCUT2D eigenvalue weighted by Crippen LogP contribution is 2.52. The molecule has 5 nitrogen and oxygen atoms in total. The van der Waals surface area contributed by atoms with Gasteiger partial charge in [-0.05, 0) is 48.9 Å². The van der Waals surface area contributed by atoms with Gasteiger partial charge in [-0.1, -0.05) is 43.5 Å². The summed E-state index contributed by atoms with van der Waals surface area (Å²) in [6.07, 6.45) is 11.1. The number of phenols is 2. The van der Waals surface area contributed by atoms with Gasteiger partial charge in [-0.2, -0.15) is 0 Å². The molecule has 0 saturated heterocycles. The van der Waals surface area contributed by atoms with E-state index < -0.39 is 0 Å². The molecule has 1 saturated carbocycles. The number of phenolic OH excluding ortho intramolecular Hbond substituents is 2. The van der Waals surface area contributed by atoms with E-state index in [1.54, 1.807) is 12.1 Å². The molecule has 0 radical (unpaired) electrons. The molecule has 1 aliphatic heterocycles. The number of hydrogen-bond acceptors (Lipinski definition) is 4. The number of carbonyl (C=O) groups excluding carboxylic acids is 1. The van der Waals surface area contributed by atoms with E-state index in [-0.39, 0.29) is 35.3 Å². The molecular formula is C26H30N2O3. The molecule has 3 aliphatic rings. The van der Waals surface area contributed by atoms with Crippen LogP contribution in [0, 0.1) is 5.92 Å².